The van der Waals surface area contributed by atoms with Crippen LogP contribution in [0, 0.1) is 5.82 Å². The van der Waals surface area contributed by atoms with Gasteiger partial charge in [0.25, 0.3) is 11.7 Å². The first kappa shape index (κ1) is 24.5. The monoisotopic (exact) mass is 476 g/mol. The molecule has 1 N–H and O–H groups in total. The molecule has 2 aromatic carbocycles. The van der Waals surface area contributed by atoms with E-state index in [0.29, 0.717) is 13.0 Å². The van der Waals surface area contributed by atoms with Crippen LogP contribution in [-0.2, 0) is 9.59 Å². The third kappa shape index (κ3) is 4.82. The summed E-state index contributed by atoms with van der Waals surface area (Å²) >= 11 is 6.16. The molecule has 0 aromatic heterocycles. The molecular weight excluding hydrogens is 451 g/mol. The molecule has 1 atom stereocenters. The van der Waals surface area contributed by atoms with Gasteiger partial charge in [-0.05, 0) is 39.2 Å². The first-order valence-electron chi connectivity index (χ1n) is 10.3. The zero-order chi connectivity index (χ0) is 24.3. The van der Waals surface area contributed by atoms with Crippen molar-refractivity contribution in [3.8, 4) is 11.5 Å². The van der Waals surface area contributed by atoms with Gasteiger partial charge in [0.2, 0.25) is 0 Å². The highest BCUT2D eigenvalue weighted by atomic mass is 35.5. The number of Topliss-reactive ketones (excluding diaryl/α,β-unsaturated/α-hetero) is 1. The molecule has 0 spiro atoms. The first-order valence-corrected chi connectivity index (χ1v) is 10.7. The van der Waals surface area contributed by atoms with E-state index in [1.807, 2.05) is 19.0 Å². The van der Waals surface area contributed by atoms with Gasteiger partial charge in [0.15, 0.2) is 0 Å². The maximum absolute atomic E-state index is 14.9. The first-order chi connectivity index (χ1) is 15.7. The highest BCUT2D eigenvalue weighted by Gasteiger charge is 2.47. The predicted molar refractivity (Wildman–Crippen MR) is 123 cm³/mol. The smallest absolute Gasteiger partial charge is 0.295 e. The summed E-state index contributed by atoms with van der Waals surface area (Å²) in [5, 5.41) is 11.5. The summed E-state index contributed by atoms with van der Waals surface area (Å²) in [5.74, 6) is -2.38. The third-order valence-electron chi connectivity index (χ3n) is 5.47. The fourth-order valence-corrected chi connectivity index (χ4v) is 4.11. The van der Waals surface area contributed by atoms with E-state index in [0.717, 1.165) is 0 Å². The van der Waals surface area contributed by atoms with Crippen LogP contribution in [0.1, 0.15) is 23.6 Å². The van der Waals surface area contributed by atoms with Gasteiger partial charge in [0, 0.05) is 18.2 Å². The van der Waals surface area contributed by atoms with Crippen LogP contribution >= 0.6 is 11.6 Å². The summed E-state index contributed by atoms with van der Waals surface area (Å²) < 4.78 is 25.4. The largest absolute Gasteiger partial charge is 0.507 e. The normalized spacial score (nSPS) is 17.7. The lowest BCUT2D eigenvalue weighted by Crippen LogP contribution is -2.32. The SMILES string of the molecule is COc1cc(/C(O)=C2\C(=O)C(=O)N(CCCN(C)C)C2c2ccccc2F)c(OC)cc1Cl. The number of carbonyl (C=O) groups excluding carboxylic acids is 2. The number of amides is 1. The number of aliphatic hydroxyl groups is 1. The average Bonchev–Trinajstić information content (AvgIpc) is 3.03. The minimum atomic E-state index is -1.10. The second-order valence-electron chi connectivity index (χ2n) is 7.86. The van der Waals surface area contributed by atoms with Crippen LogP contribution in [-0.4, -0.2) is 68.0 Å². The molecule has 1 aliphatic heterocycles. The molecule has 33 heavy (non-hydrogen) atoms. The van der Waals surface area contributed by atoms with Crippen molar-refractivity contribution in [1.29, 1.82) is 0 Å². The van der Waals surface area contributed by atoms with E-state index in [9.17, 15) is 19.1 Å². The molecule has 3 rings (SSSR count). The highest BCUT2D eigenvalue weighted by Crippen LogP contribution is 2.43. The zero-order valence-corrected chi connectivity index (χ0v) is 19.6. The number of benzene rings is 2. The van der Waals surface area contributed by atoms with Crippen molar-refractivity contribution in [2.75, 3.05) is 41.4 Å². The summed E-state index contributed by atoms with van der Waals surface area (Å²) in [6.45, 7) is 0.870. The lowest BCUT2D eigenvalue weighted by molar-refractivity contribution is -0.140. The van der Waals surface area contributed by atoms with Crippen LogP contribution in [0.15, 0.2) is 42.0 Å². The van der Waals surface area contributed by atoms with E-state index in [-0.39, 0.29) is 39.8 Å². The van der Waals surface area contributed by atoms with Gasteiger partial charge < -0.3 is 24.4 Å². The fourth-order valence-electron chi connectivity index (χ4n) is 3.88. The molecule has 1 unspecified atom stereocenters. The van der Waals surface area contributed by atoms with E-state index >= 15 is 0 Å². The Balaban J connectivity index is 2.21. The Morgan fingerprint density at radius 1 is 1.15 bits per heavy atom. The van der Waals surface area contributed by atoms with Gasteiger partial charge in [-0.1, -0.05) is 29.8 Å². The van der Waals surface area contributed by atoms with Gasteiger partial charge in [0.05, 0.1) is 36.4 Å². The Bertz CT molecular complexity index is 1100. The summed E-state index contributed by atoms with van der Waals surface area (Å²) in [5.41, 5.74) is -0.00740. The Hall–Kier alpha value is -3.10. The molecule has 176 valence electrons. The minimum Gasteiger partial charge on any atom is -0.507 e. The number of carbonyl (C=O) groups is 2. The molecule has 0 radical (unpaired) electrons. The minimum absolute atomic E-state index is 0.103. The number of methoxy groups -OCH3 is 2. The van der Waals surface area contributed by atoms with E-state index in [2.05, 4.69) is 0 Å². The number of rotatable bonds is 8. The van der Waals surface area contributed by atoms with Crippen molar-refractivity contribution in [1.82, 2.24) is 9.80 Å². The van der Waals surface area contributed by atoms with Crippen LogP contribution in [0.3, 0.4) is 0 Å². The Labute approximate surface area is 197 Å². The van der Waals surface area contributed by atoms with Gasteiger partial charge in [-0.15, -0.1) is 0 Å². The van der Waals surface area contributed by atoms with E-state index in [1.165, 1.54) is 49.5 Å². The fraction of sp³-hybridized carbons (Fsp3) is 0.333. The van der Waals surface area contributed by atoms with Crippen LogP contribution < -0.4 is 9.47 Å². The van der Waals surface area contributed by atoms with Crippen molar-refractivity contribution in [3.05, 3.63) is 63.9 Å². The molecule has 9 heteroatoms. The highest BCUT2D eigenvalue weighted by molar-refractivity contribution is 6.46. The molecule has 1 aliphatic rings. The standard InChI is InChI=1S/C24H26ClFN2O5/c1-27(2)10-7-11-28-21(14-8-5-6-9-17(14)26)20(23(30)24(28)31)22(29)15-12-19(33-4)16(25)13-18(15)32-3/h5-6,8-9,12-13,21,29H,7,10-11H2,1-4H3/b22-20+. The molecule has 1 saturated heterocycles. The molecule has 1 fully saturated rings. The number of likely N-dealkylation sites (tertiary alicyclic amines) is 1. The molecule has 0 aliphatic carbocycles. The third-order valence-corrected chi connectivity index (χ3v) is 5.77. The van der Waals surface area contributed by atoms with Crippen LogP contribution in [0.2, 0.25) is 5.02 Å². The molecule has 7 nitrogen and oxygen atoms in total. The predicted octanol–water partition coefficient (Wildman–Crippen LogP) is 3.87. The topological polar surface area (TPSA) is 79.3 Å². The van der Waals surface area contributed by atoms with Crippen molar-refractivity contribution in [2.24, 2.45) is 0 Å². The number of halogens is 2. The lowest BCUT2D eigenvalue weighted by atomic mass is 9.94. The Morgan fingerprint density at radius 3 is 2.42 bits per heavy atom. The van der Waals surface area contributed by atoms with Crippen molar-refractivity contribution >= 4 is 29.1 Å². The number of aliphatic hydroxyl groups excluding tert-OH is 1. The molecule has 0 saturated carbocycles. The average molecular weight is 477 g/mol. The molecular formula is C24H26ClFN2O5. The van der Waals surface area contributed by atoms with Gasteiger partial charge in [-0.3, -0.25) is 9.59 Å². The van der Waals surface area contributed by atoms with Gasteiger partial charge >= 0.3 is 0 Å². The summed E-state index contributed by atoms with van der Waals surface area (Å²) in [6.07, 6.45) is 0.559. The summed E-state index contributed by atoms with van der Waals surface area (Å²) in [4.78, 5) is 29.3. The van der Waals surface area contributed by atoms with Crippen molar-refractivity contribution in [3.63, 3.8) is 0 Å². The Morgan fingerprint density at radius 2 is 1.82 bits per heavy atom. The number of ether oxygens (including phenoxy) is 2. The van der Waals surface area contributed by atoms with E-state index in [1.54, 1.807) is 6.07 Å². The number of hydrogen-bond donors (Lipinski definition) is 1. The second-order valence-corrected chi connectivity index (χ2v) is 8.27. The van der Waals surface area contributed by atoms with Crippen LogP contribution in [0.25, 0.3) is 5.76 Å². The maximum Gasteiger partial charge on any atom is 0.295 e. The lowest BCUT2D eigenvalue weighted by Gasteiger charge is -2.26. The van der Waals surface area contributed by atoms with Crippen molar-refractivity contribution in [2.45, 2.75) is 12.5 Å². The summed E-state index contributed by atoms with van der Waals surface area (Å²) in [6, 6.07) is 7.63. The molecule has 1 heterocycles. The van der Waals surface area contributed by atoms with Gasteiger partial charge in [0.1, 0.15) is 23.1 Å². The number of nitrogens with zero attached hydrogens (tertiary/aromatic N) is 2. The van der Waals surface area contributed by atoms with Crippen molar-refractivity contribution < 1.29 is 28.6 Å². The molecule has 2 aromatic rings. The second kappa shape index (κ2) is 10.2. The van der Waals surface area contributed by atoms with E-state index in [4.69, 9.17) is 21.1 Å². The summed E-state index contributed by atoms with van der Waals surface area (Å²) in [7, 11) is 6.56. The zero-order valence-electron chi connectivity index (χ0n) is 18.9. The number of ketones is 1. The van der Waals surface area contributed by atoms with Gasteiger partial charge in [-0.2, -0.15) is 0 Å². The van der Waals surface area contributed by atoms with Gasteiger partial charge in [-0.25, -0.2) is 4.39 Å². The van der Waals surface area contributed by atoms with Crippen LogP contribution in [0.4, 0.5) is 4.39 Å². The quantitative estimate of drug-likeness (QED) is 0.354. The molecule has 1 amide bonds. The van der Waals surface area contributed by atoms with Crippen LogP contribution in [0.5, 0.6) is 11.5 Å². The van der Waals surface area contributed by atoms with E-state index < -0.39 is 29.3 Å². The maximum atomic E-state index is 14.9. The molecule has 0 bridgehead atoms. The number of hydrogen-bond acceptors (Lipinski definition) is 6. The Kier molecular flexibility index (Phi) is 7.61.